The second-order valence-electron chi connectivity index (χ2n) is 7.98. The number of amides is 2. The smallest absolute Gasteiger partial charge is 0.264 e. The van der Waals surface area contributed by atoms with Crippen LogP contribution in [0.5, 0.6) is 5.75 Å². The van der Waals surface area contributed by atoms with Gasteiger partial charge in [-0.25, -0.2) is 4.39 Å². The van der Waals surface area contributed by atoms with Gasteiger partial charge in [0.15, 0.2) is 0 Å². The summed E-state index contributed by atoms with van der Waals surface area (Å²) in [5.41, 5.74) is 0.583. The van der Waals surface area contributed by atoms with E-state index in [1.54, 1.807) is 11.0 Å². The van der Waals surface area contributed by atoms with Crippen molar-refractivity contribution in [3.8, 4) is 5.75 Å². The molecule has 1 aliphatic rings. The van der Waals surface area contributed by atoms with Crippen LogP contribution < -0.4 is 10.1 Å². The highest BCUT2D eigenvalue weighted by Gasteiger charge is 2.30. The number of rotatable bonds is 7. The molecular formula is C25H27FN2O3S. The van der Waals surface area contributed by atoms with Gasteiger partial charge in [0.1, 0.15) is 18.2 Å². The van der Waals surface area contributed by atoms with Crippen molar-refractivity contribution in [2.75, 3.05) is 19.6 Å². The molecule has 0 spiro atoms. The standard InChI is InChI=1S/C25H27FN2O3S/c1-2-13-27-24(29)17-11-14-28(15-12-17)25(30)23-19(16-31-18-7-4-3-5-8-18)22-20(26)9-6-10-21(22)32-23/h3-10,17H,2,11-16H2,1H3,(H,27,29). The first-order valence-electron chi connectivity index (χ1n) is 11.0. The Morgan fingerprint density at radius 3 is 2.59 bits per heavy atom. The maximum atomic E-state index is 14.7. The molecular weight excluding hydrogens is 427 g/mol. The van der Waals surface area contributed by atoms with E-state index in [9.17, 15) is 14.0 Å². The fourth-order valence-corrected chi connectivity index (χ4v) is 5.22. The zero-order valence-electron chi connectivity index (χ0n) is 18.1. The second-order valence-corrected chi connectivity index (χ2v) is 9.03. The number of hydrogen-bond donors (Lipinski definition) is 1. The molecule has 1 saturated heterocycles. The largest absolute Gasteiger partial charge is 0.489 e. The summed E-state index contributed by atoms with van der Waals surface area (Å²) in [7, 11) is 0. The number of thiophene rings is 1. The predicted molar refractivity (Wildman–Crippen MR) is 124 cm³/mol. The molecule has 1 aliphatic heterocycles. The van der Waals surface area contributed by atoms with E-state index in [-0.39, 0.29) is 30.2 Å². The van der Waals surface area contributed by atoms with Crippen LogP contribution in [-0.2, 0) is 11.4 Å². The van der Waals surface area contributed by atoms with Gasteiger partial charge in [-0.2, -0.15) is 0 Å². The van der Waals surface area contributed by atoms with E-state index in [4.69, 9.17) is 4.74 Å². The molecule has 7 heteroatoms. The van der Waals surface area contributed by atoms with Crippen molar-refractivity contribution >= 4 is 33.2 Å². The Balaban J connectivity index is 1.54. The van der Waals surface area contributed by atoms with Gasteiger partial charge in [-0.05, 0) is 43.5 Å². The molecule has 5 nitrogen and oxygen atoms in total. The van der Waals surface area contributed by atoms with E-state index in [1.165, 1.54) is 17.4 Å². The maximum Gasteiger partial charge on any atom is 0.264 e. The molecule has 0 aliphatic carbocycles. The van der Waals surface area contributed by atoms with Gasteiger partial charge >= 0.3 is 0 Å². The molecule has 1 fully saturated rings. The van der Waals surface area contributed by atoms with Gasteiger partial charge < -0.3 is 15.0 Å². The summed E-state index contributed by atoms with van der Waals surface area (Å²) in [6, 6.07) is 14.2. The number of para-hydroxylation sites is 1. The van der Waals surface area contributed by atoms with Crippen molar-refractivity contribution in [3.63, 3.8) is 0 Å². The van der Waals surface area contributed by atoms with E-state index in [1.807, 2.05) is 43.3 Å². The Morgan fingerprint density at radius 2 is 1.88 bits per heavy atom. The fourth-order valence-electron chi connectivity index (χ4n) is 4.03. The molecule has 2 heterocycles. The molecule has 1 N–H and O–H groups in total. The van der Waals surface area contributed by atoms with E-state index in [2.05, 4.69) is 5.32 Å². The first kappa shape index (κ1) is 22.3. The minimum Gasteiger partial charge on any atom is -0.489 e. The van der Waals surface area contributed by atoms with Gasteiger partial charge in [-0.3, -0.25) is 9.59 Å². The van der Waals surface area contributed by atoms with Gasteiger partial charge in [0.2, 0.25) is 5.91 Å². The number of hydrogen-bond acceptors (Lipinski definition) is 4. The molecule has 0 radical (unpaired) electrons. The molecule has 0 saturated carbocycles. The van der Waals surface area contributed by atoms with Crippen molar-refractivity contribution in [1.82, 2.24) is 10.2 Å². The number of nitrogens with one attached hydrogen (secondary N) is 1. The minimum absolute atomic E-state index is 0.0636. The van der Waals surface area contributed by atoms with Crippen molar-refractivity contribution in [2.45, 2.75) is 32.8 Å². The molecule has 32 heavy (non-hydrogen) atoms. The van der Waals surface area contributed by atoms with Crippen LogP contribution >= 0.6 is 11.3 Å². The molecule has 0 bridgehead atoms. The van der Waals surface area contributed by atoms with E-state index in [0.29, 0.717) is 54.1 Å². The molecule has 1 aromatic heterocycles. The topological polar surface area (TPSA) is 58.6 Å². The molecule has 2 amide bonds. The molecule has 4 rings (SSSR count). The maximum absolute atomic E-state index is 14.7. The number of ether oxygens (including phenoxy) is 1. The lowest BCUT2D eigenvalue weighted by molar-refractivity contribution is -0.126. The van der Waals surface area contributed by atoms with Crippen molar-refractivity contribution in [3.05, 3.63) is 64.8 Å². The first-order chi connectivity index (χ1) is 15.6. The Bertz CT molecular complexity index is 1090. The number of benzene rings is 2. The molecule has 0 atom stereocenters. The highest BCUT2D eigenvalue weighted by atomic mass is 32.1. The van der Waals surface area contributed by atoms with Crippen LogP contribution in [0.25, 0.3) is 10.1 Å². The molecule has 0 unspecified atom stereocenters. The van der Waals surface area contributed by atoms with Gasteiger partial charge in [0, 0.05) is 41.2 Å². The molecule has 3 aromatic rings. The van der Waals surface area contributed by atoms with Crippen molar-refractivity contribution < 1.29 is 18.7 Å². The Labute approximate surface area is 191 Å². The predicted octanol–water partition coefficient (Wildman–Crippen LogP) is 5.00. The summed E-state index contributed by atoms with van der Waals surface area (Å²) in [6.07, 6.45) is 2.17. The number of halogens is 1. The third-order valence-electron chi connectivity index (χ3n) is 5.79. The third-order valence-corrected chi connectivity index (χ3v) is 6.97. The van der Waals surface area contributed by atoms with Crippen LogP contribution in [0.1, 0.15) is 41.4 Å². The lowest BCUT2D eigenvalue weighted by atomic mass is 9.95. The highest BCUT2D eigenvalue weighted by molar-refractivity contribution is 7.21. The second kappa shape index (κ2) is 10.1. The van der Waals surface area contributed by atoms with E-state index >= 15 is 0 Å². The van der Waals surface area contributed by atoms with Crippen molar-refractivity contribution in [2.24, 2.45) is 5.92 Å². The average Bonchev–Trinajstić information content (AvgIpc) is 3.21. The minimum atomic E-state index is -0.351. The number of likely N-dealkylation sites (tertiary alicyclic amines) is 1. The van der Waals surface area contributed by atoms with Gasteiger partial charge in [-0.1, -0.05) is 31.2 Å². The normalized spacial score (nSPS) is 14.5. The third kappa shape index (κ3) is 4.78. The summed E-state index contributed by atoms with van der Waals surface area (Å²) in [5, 5.41) is 3.39. The summed E-state index contributed by atoms with van der Waals surface area (Å²) in [6.45, 7) is 3.84. The van der Waals surface area contributed by atoms with Crippen LogP contribution in [-0.4, -0.2) is 36.3 Å². The quantitative estimate of drug-likeness (QED) is 0.547. The summed E-state index contributed by atoms with van der Waals surface area (Å²) < 4.78 is 21.3. The Morgan fingerprint density at radius 1 is 1.12 bits per heavy atom. The van der Waals surface area contributed by atoms with E-state index < -0.39 is 0 Å². The Kier molecular flexibility index (Phi) is 7.05. The molecule has 2 aromatic carbocycles. The van der Waals surface area contributed by atoms with E-state index in [0.717, 1.165) is 11.1 Å². The molecule has 168 valence electrons. The zero-order chi connectivity index (χ0) is 22.5. The highest BCUT2D eigenvalue weighted by Crippen LogP contribution is 2.35. The van der Waals surface area contributed by atoms with Crippen LogP contribution in [0.3, 0.4) is 0 Å². The number of carbonyl (C=O) groups excluding carboxylic acids is 2. The summed E-state index contributed by atoms with van der Waals surface area (Å²) >= 11 is 1.30. The lowest BCUT2D eigenvalue weighted by Gasteiger charge is -2.31. The van der Waals surface area contributed by atoms with Crippen LogP contribution in [0, 0.1) is 11.7 Å². The monoisotopic (exact) mass is 454 g/mol. The van der Waals surface area contributed by atoms with Gasteiger partial charge in [0.05, 0.1) is 4.88 Å². The van der Waals surface area contributed by atoms with Gasteiger partial charge in [-0.15, -0.1) is 11.3 Å². The summed E-state index contributed by atoms with van der Waals surface area (Å²) in [5.74, 6) is 0.201. The summed E-state index contributed by atoms with van der Waals surface area (Å²) in [4.78, 5) is 28.0. The SMILES string of the molecule is CCCNC(=O)C1CCN(C(=O)c2sc3cccc(F)c3c2COc2ccccc2)CC1. The van der Waals surface area contributed by atoms with Crippen LogP contribution in [0.2, 0.25) is 0 Å². The van der Waals surface area contributed by atoms with Crippen LogP contribution in [0.4, 0.5) is 4.39 Å². The lowest BCUT2D eigenvalue weighted by Crippen LogP contribution is -2.43. The first-order valence-corrected chi connectivity index (χ1v) is 11.8. The van der Waals surface area contributed by atoms with Crippen LogP contribution in [0.15, 0.2) is 48.5 Å². The number of fused-ring (bicyclic) bond motifs is 1. The number of nitrogens with zero attached hydrogens (tertiary/aromatic N) is 1. The van der Waals surface area contributed by atoms with Crippen molar-refractivity contribution in [1.29, 1.82) is 0 Å². The zero-order valence-corrected chi connectivity index (χ0v) is 18.9. The number of piperidine rings is 1. The Hall–Kier alpha value is -2.93. The number of carbonyl (C=O) groups is 2. The van der Waals surface area contributed by atoms with Gasteiger partial charge in [0.25, 0.3) is 5.91 Å². The average molecular weight is 455 g/mol. The fraction of sp³-hybridized carbons (Fsp3) is 0.360.